The summed E-state index contributed by atoms with van der Waals surface area (Å²) < 4.78 is 10.3. The molecule has 29 heavy (non-hydrogen) atoms. The Bertz CT molecular complexity index is 1120. The van der Waals surface area contributed by atoms with E-state index in [1.54, 1.807) is 12.1 Å². The third-order valence-electron chi connectivity index (χ3n) is 4.49. The van der Waals surface area contributed by atoms with Crippen molar-refractivity contribution < 1.29 is 18.9 Å². The number of hydrogen-bond acceptors (Lipinski definition) is 6. The number of rotatable bonds is 7. The zero-order valence-corrected chi connectivity index (χ0v) is 16.1. The molecule has 0 atom stereocenters. The number of non-ortho nitro benzene ring substituents is 1. The van der Waals surface area contributed by atoms with Crippen LogP contribution in [-0.4, -0.2) is 17.9 Å². The molecular weight excluding hydrogens is 376 g/mol. The maximum absolute atomic E-state index is 12.6. The van der Waals surface area contributed by atoms with Gasteiger partial charge in [0.2, 0.25) is 0 Å². The van der Waals surface area contributed by atoms with E-state index < -0.39 is 16.5 Å². The molecule has 0 saturated heterocycles. The summed E-state index contributed by atoms with van der Waals surface area (Å²) in [5.41, 5.74) is 0.384. The molecule has 3 rings (SSSR count). The van der Waals surface area contributed by atoms with Gasteiger partial charge in [0.25, 0.3) is 11.6 Å². The summed E-state index contributed by atoms with van der Waals surface area (Å²) in [5, 5.41) is 14.0. The lowest BCUT2D eigenvalue weighted by Gasteiger charge is -2.08. The van der Waals surface area contributed by atoms with Crippen molar-refractivity contribution in [2.24, 2.45) is 0 Å². The summed E-state index contributed by atoms with van der Waals surface area (Å²) in [6, 6.07) is 11.0. The lowest BCUT2D eigenvalue weighted by molar-refractivity contribution is -0.384. The number of nitrogens with one attached hydrogen (secondary N) is 1. The molecule has 1 heterocycles. The lowest BCUT2D eigenvalue weighted by Crippen LogP contribution is -2.20. The fourth-order valence-corrected chi connectivity index (χ4v) is 2.94. The fourth-order valence-electron chi connectivity index (χ4n) is 2.94. The third-order valence-corrected chi connectivity index (χ3v) is 4.49. The Balaban J connectivity index is 1.92. The van der Waals surface area contributed by atoms with Crippen molar-refractivity contribution in [3.05, 3.63) is 74.1 Å². The zero-order chi connectivity index (χ0) is 21.0. The molecule has 2 aromatic carbocycles. The van der Waals surface area contributed by atoms with Crippen molar-refractivity contribution >= 4 is 28.3 Å². The minimum Gasteiger partial charge on any atom is -0.493 e. The van der Waals surface area contributed by atoms with E-state index in [1.165, 1.54) is 19.2 Å². The molecule has 8 heteroatoms. The van der Waals surface area contributed by atoms with E-state index in [2.05, 4.69) is 12.2 Å². The Morgan fingerprint density at radius 3 is 2.55 bits per heavy atom. The van der Waals surface area contributed by atoms with Crippen LogP contribution in [-0.2, 0) is 6.42 Å². The van der Waals surface area contributed by atoms with Gasteiger partial charge in [-0.05, 0) is 36.6 Å². The first kappa shape index (κ1) is 20.1. The maximum atomic E-state index is 12.6. The van der Waals surface area contributed by atoms with Gasteiger partial charge in [0.1, 0.15) is 5.56 Å². The molecule has 0 bridgehead atoms. The van der Waals surface area contributed by atoms with Crippen LogP contribution in [0.4, 0.5) is 11.4 Å². The number of aryl methyl sites for hydroxylation is 1. The number of unbranched alkanes of at least 4 members (excludes halogenated alkanes) is 1. The number of fused-ring (bicyclic) bond motifs is 1. The van der Waals surface area contributed by atoms with E-state index in [0.717, 1.165) is 30.9 Å². The van der Waals surface area contributed by atoms with Crippen LogP contribution in [0.3, 0.4) is 0 Å². The van der Waals surface area contributed by atoms with Crippen LogP contribution in [0.15, 0.2) is 51.7 Å². The highest BCUT2D eigenvalue weighted by atomic mass is 16.6. The minimum absolute atomic E-state index is 0.0416. The summed E-state index contributed by atoms with van der Waals surface area (Å²) in [7, 11) is 1.31. The third kappa shape index (κ3) is 4.43. The highest BCUT2D eigenvalue weighted by Crippen LogP contribution is 2.30. The molecule has 3 aromatic rings. The van der Waals surface area contributed by atoms with E-state index in [-0.39, 0.29) is 28.0 Å². The number of ether oxygens (including phenoxy) is 1. The van der Waals surface area contributed by atoms with Gasteiger partial charge in [-0.2, -0.15) is 0 Å². The second kappa shape index (κ2) is 8.55. The van der Waals surface area contributed by atoms with Crippen LogP contribution in [0, 0.1) is 10.1 Å². The number of nitro benzene ring substituents is 1. The molecule has 0 aliphatic heterocycles. The largest absolute Gasteiger partial charge is 0.493 e. The van der Waals surface area contributed by atoms with Gasteiger partial charge in [0.15, 0.2) is 11.3 Å². The molecule has 150 valence electrons. The second-order valence-electron chi connectivity index (χ2n) is 6.53. The topological polar surface area (TPSA) is 112 Å². The molecule has 0 spiro atoms. The average Bonchev–Trinajstić information content (AvgIpc) is 2.71. The number of anilines is 1. The first-order valence-corrected chi connectivity index (χ1v) is 9.13. The predicted octanol–water partition coefficient (Wildman–Crippen LogP) is 4.30. The molecule has 0 fully saturated rings. The molecular formula is C21H20N2O6. The van der Waals surface area contributed by atoms with Crippen molar-refractivity contribution in [3.8, 4) is 5.75 Å². The number of benzene rings is 2. The van der Waals surface area contributed by atoms with Gasteiger partial charge < -0.3 is 14.5 Å². The Hall–Kier alpha value is -3.68. The van der Waals surface area contributed by atoms with E-state index in [4.69, 9.17) is 9.15 Å². The van der Waals surface area contributed by atoms with Gasteiger partial charge in [0.05, 0.1) is 18.1 Å². The summed E-state index contributed by atoms with van der Waals surface area (Å²) in [6.45, 7) is 2.12. The van der Waals surface area contributed by atoms with Gasteiger partial charge in [-0.1, -0.05) is 25.5 Å². The summed E-state index contributed by atoms with van der Waals surface area (Å²) >= 11 is 0. The first-order valence-electron chi connectivity index (χ1n) is 9.13. The Kier molecular flexibility index (Phi) is 5.92. The number of nitro groups is 1. The molecule has 1 aromatic heterocycles. The number of carbonyl (C=O) groups excluding carboxylic acids is 1. The van der Waals surface area contributed by atoms with Crippen LogP contribution in [0.25, 0.3) is 11.0 Å². The van der Waals surface area contributed by atoms with E-state index in [1.807, 2.05) is 12.1 Å². The van der Waals surface area contributed by atoms with Crippen LogP contribution in [0.1, 0.15) is 35.7 Å². The number of hydrogen-bond donors (Lipinski definition) is 1. The SMILES string of the molecule is CCCCc1ccc(NC(=O)c2cc3cc([N+](=O)[O-])cc(OC)c3oc2=O)cc1. The Morgan fingerprint density at radius 2 is 1.93 bits per heavy atom. The molecule has 0 aliphatic carbocycles. The van der Waals surface area contributed by atoms with Crippen LogP contribution < -0.4 is 15.7 Å². The van der Waals surface area contributed by atoms with Gasteiger partial charge in [-0.25, -0.2) is 4.79 Å². The molecule has 8 nitrogen and oxygen atoms in total. The van der Waals surface area contributed by atoms with Gasteiger partial charge >= 0.3 is 5.63 Å². The monoisotopic (exact) mass is 396 g/mol. The lowest BCUT2D eigenvalue weighted by atomic mass is 10.1. The highest BCUT2D eigenvalue weighted by Gasteiger charge is 2.19. The average molecular weight is 396 g/mol. The first-order chi connectivity index (χ1) is 13.9. The van der Waals surface area contributed by atoms with Crippen molar-refractivity contribution in [1.82, 2.24) is 0 Å². The van der Waals surface area contributed by atoms with Crippen molar-refractivity contribution in [3.63, 3.8) is 0 Å². The molecule has 1 N–H and O–H groups in total. The molecule has 0 saturated carbocycles. The van der Waals surface area contributed by atoms with Gasteiger partial charge in [-0.3, -0.25) is 14.9 Å². The van der Waals surface area contributed by atoms with E-state index in [0.29, 0.717) is 5.69 Å². The second-order valence-corrected chi connectivity index (χ2v) is 6.53. The van der Waals surface area contributed by atoms with Gasteiger partial charge in [-0.15, -0.1) is 0 Å². The minimum atomic E-state index is -0.860. The smallest absolute Gasteiger partial charge is 0.349 e. The van der Waals surface area contributed by atoms with E-state index >= 15 is 0 Å². The summed E-state index contributed by atoms with van der Waals surface area (Å²) in [6.07, 6.45) is 3.14. The van der Waals surface area contributed by atoms with Crippen LogP contribution >= 0.6 is 0 Å². The number of carbonyl (C=O) groups is 1. The molecule has 0 unspecified atom stereocenters. The Labute approximate surface area is 166 Å². The van der Waals surface area contributed by atoms with Crippen LogP contribution in [0.5, 0.6) is 5.75 Å². The normalized spacial score (nSPS) is 10.7. The molecule has 1 amide bonds. The fraction of sp³-hybridized carbons (Fsp3) is 0.238. The number of nitrogens with zero attached hydrogens (tertiary/aromatic N) is 1. The predicted molar refractivity (Wildman–Crippen MR) is 109 cm³/mol. The highest BCUT2D eigenvalue weighted by molar-refractivity contribution is 6.05. The van der Waals surface area contributed by atoms with Crippen molar-refractivity contribution in [2.75, 3.05) is 12.4 Å². The van der Waals surface area contributed by atoms with E-state index in [9.17, 15) is 19.7 Å². The summed E-state index contributed by atoms with van der Waals surface area (Å²) in [5.74, 6) is -0.617. The Morgan fingerprint density at radius 1 is 1.21 bits per heavy atom. The standard InChI is InChI=1S/C21H20N2O6/c1-3-4-5-13-6-8-15(9-7-13)22-20(24)17-11-14-10-16(23(26)27)12-18(28-2)19(14)29-21(17)25/h6-12H,3-5H2,1-2H3,(H,22,24). The van der Waals surface area contributed by atoms with Crippen LogP contribution in [0.2, 0.25) is 0 Å². The number of methoxy groups -OCH3 is 1. The summed E-state index contributed by atoms with van der Waals surface area (Å²) in [4.78, 5) is 35.4. The van der Waals surface area contributed by atoms with Crippen molar-refractivity contribution in [2.45, 2.75) is 26.2 Å². The van der Waals surface area contributed by atoms with Gasteiger partial charge in [0, 0.05) is 17.1 Å². The maximum Gasteiger partial charge on any atom is 0.349 e. The molecule has 0 aliphatic rings. The number of amides is 1. The quantitative estimate of drug-likeness (QED) is 0.362. The van der Waals surface area contributed by atoms with Crippen molar-refractivity contribution in [1.29, 1.82) is 0 Å². The zero-order valence-electron chi connectivity index (χ0n) is 16.1. The molecule has 0 radical (unpaired) electrons.